The van der Waals surface area contributed by atoms with E-state index in [1.54, 1.807) is 0 Å². The Labute approximate surface area is 149 Å². The third-order valence-corrected chi connectivity index (χ3v) is 5.76. The molecule has 0 bridgehead atoms. The zero-order valence-electron chi connectivity index (χ0n) is 14.7. The molecule has 5 nitrogen and oxygen atoms in total. The molecule has 1 aromatic carbocycles. The third-order valence-electron chi connectivity index (χ3n) is 5.76. The summed E-state index contributed by atoms with van der Waals surface area (Å²) in [6.45, 7) is 2.47. The van der Waals surface area contributed by atoms with Crippen LogP contribution in [0.4, 0.5) is 0 Å². The summed E-state index contributed by atoms with van der Waals surface area (Å²) in [6.07, 6.45) is 5.31. The molecule has 3 fully saturated rings. The molecule has 0 radical (unpaired) electrons. The lowest BCUT2D eigenvalue weighted by Gasteiger charge is -2.35. The van der Waals surface area contributed by atoms with Crippen LogP contribution in [0.3, 0.4) is 0 Å². The second-order valence-electron chi connectivity index (χ2n) is 7.46. The van der Waals surface area contributed by atoms with Crippen LogP contribution in [0.1, 0.15) is 37.7 Å². The molecule has 0 aromatic heterocycles. The normalized spacial score (nSPS) is 26.4. The number of hydrogen-bond acceptors (Lipinski definition) is 4. The second-order valence-corrected chi connectivity index (χ2v) is 7.46. The summed E-state index contributed by atoms with van der Waals surface area (Å²) in [5, 5.41) is 0. The lowest BCUT2D eigenvalue weighted by atomic mass is 9.83. The average Bonchev–Trinajstić information content (AvgIpc) is 3.28. The van der Waals surface area contributed by atoms with Crippen molar-refractivity contribution in [2.75, 3.05) is 26.6 Å². The van der Waals surface area contributed by atoms with Crippen LogP contribution >= 0.6 is 0 Å². The van der Waals surface area contributed by atoms with E-state index in [0.717, 1.165) is 32.1 Å². The largest absolute Gasteiger partial charge is 0.359 e. The van der Waals surface area contributed by atoms with Crippen LogP contribution in [-0.4, -0.2) is 49.2 Å². The van der Waals surface area contributed by atoms with Crippen LogP contribution in [0.25, 0.3) is 0 Å². The van der Waals surface area contributed by atoms with Crippen molar-refractivity contribution in [2.24, 2.45) is 5.92 Å². The van der Waals surface area contributed by atoms with E-state index in [-0.39, 0.29) is 17.7 Å². The van der Waals surface area contributed by atoms with Gasteiger partial charge in [-0.25, -0.2) is 0 Å². The Hall–Kier alpha value is -1.43. The topological polar surface area (TPSA) is 48.0 Å². The van der Waals surface area contributed by atoms with Crippen molar-refractivity contribution in [3.63, 3.8) is 0 Å². The van der Waals surface area contributed by atoms with Crippen LogP contribution in [0.2, 0.25) is 0 Å². The quantitative estimate of drug-likeness (QED) is 0.842. The third kappa shape index (κ3) is 3.89. The SMILES string of the molecule is O=C(CC1CCC2(CC1)OCCO2)N1COC[C@@H]1Cc1ccccc1. The minimum Gasteiger partial charge on any atom is -0.359 e. The molecule has 4 rings (SSSR count). The van der Waals surface area contributed by atoms with E-state index in [1.807, 2.05) is 23.1 Å². The van der Waals surface area contributed by atoms with Gasteiger partial charge >= 0.3 is 0 Å². The van der Waals surface area contributed by atoms with Gasteiger partial charge in [0, 0.05) is 19.3 Å². The van der Waals surface area contributed by atoms with E-state index < -0.39 is 0 Å². The molecule has 1 aromatic rings. The predicted molar refractivity (Wildman–Crippen MR) is 92.8 cm³/mol. The maximum Gasteiger partial charge on any atom is 0.225 e. The summed E-state index contributed by atoms with van der Waals surface area (Å²) in [6, 6.07) is 10.5. The first-order valence-electron chi connectivity index (χ1n) is 9.43. The van der Waals surface area contributed by atoms with E-state index >= 15 is 0 Å². The number of carbonyl (C=O) groups is 1. The van der Waals surface area contributed by atoms with Gasteiger partial charge in [-0.15, -0.1) is 0 Å². The van der Waals surface area contributed by atoms with E-state index in [9.17, 15) is 4.79 Å². The zero-order chi connectivity index (χ0) is 17.1. The molecule has 2 heterocycles. The molecular formula is C20H27NO4. The lowest BCUT2D eigenvalue weighted by molar-refractivity contribution is -0.183. The molecule has 1 saturated carbocycles. The van der Waals surface area contributed by atoms with E-state index in [2.05, 4.69) is 12.1 Å². The van der Waals surface area contributed by atoms with Gasteiger partial charge < -0.3 is 19.1 Å². The number of rotatable bonds is 4. The highest BCUT2D eigenvalue weighted by atomic mass is 16.7. The molecule has 2 saturated heterocycles. The maximum atomic E-state index is 12.8. The summed E-state index contributed by atoms with van der Waals surface area (Å²) >= 11 is 0. The standard InChI is InChI=1S/C20H27NO4/c22-19(13-17-6-8-20(9-7-17)24-10-11-25-20)21-15-23-14-18(21)12-16-4-2-1-3-5-16/h1-5,17-18H,6-15H2/t18-/m0/s1. The fourth-order valence-electron chi connectivity index (χ4n) is 4.28. The maximum absolute atomic E-state index is 12.8. The van der Waals surface area contributed by atoms with Crippen LogP contribution < -0.4 is 0 Å². The first kappa shape index (κ1) is 17.0. The van der Waals surface area contributed by atoms with Gasteiger partial charge in [0.1, 0.15) is 6.73 Å². The predicted octanol–water partition coefficient (Wildman–Crippen LogP) is 2.74. The molecule has 25 heavy (non-hydrogen) atoms. The monoisotopic (exact) mass is 345 g/mol. The van der Waals surface area contributed by atoms with E-state index in [0.29, 0.717) is 38.9 Å². The average molecular weight is 345 g/mol. The summed E-state index contributed by atoms with van der Waals surface area (Å²) < 4.78 is 17.2. The Morgan fingerprint density at radius 1 is 1.12 bits per heavy atom. The Balaban J connectivity index is 1.30. The Morgan fingerprint density at radius 3 is 2.56 bits per heavy atom. The first-order chi connectivity index (χ1) is 12.2. The smallest absolute Gasteiger partial charge is 0.225 e. The first-order valence-corrected chi connectivity index (χ1v) is 9.43. The molecule has 3 aliphatic rings. The summed E-state index contributed by atoms with van der Waals surface area (Å²) in [5.74, 6) is 0.322. The molecule has 136 valence electrons. The van der Waals surface area contributed by atoms with E-state index in [1.165, 1.54) is 5.56 Å². The molecule has 1 aliphatic carbocycles. The molecule has 1 amide bonds. The zero-order valence-corrected chi connectivity index (χ0v) is 14.7. The van der Waals surface area contributed by atoms with Gasteiger partial charge in [-0.1, -0.05) is 30.3 Å². The number of amides is 1. The van der Waals surface area contributed by atoms with Crippen LogP contribution in [-0.2, 0) is 25.4 Å². The van der Waals surface area contributed by atoms with Crippen molar-refractivity contribution in [2.45, 2.75) is 50.4 Å². The molecule has 2 aliphatic heterocycles. The lowest BCUT2D eigenvalue weighted by Crippen LogP contribution is -2.40. The minimum atomic E-state index is -0.341. The van der Waals surface area contributed by atoms with Gasteiger partial charge in [0.15, 0.2) is 5.79 Å². The number of carbonyl (C=O) groups excluding carboxylic acids is 1. The van der Waals surface area contributed by atoms with Crippen molar-refractivity contribution in [3.05, 3.63) is 35.9 Å². The van der Waals surface area contributed by atoms with Gasteiger partial charge in [0.25, 0.3) is 0 Å². The summed E-state index contributed by atoms with van der Waals surface area (Å²) in [7, 11) is 0. The van der Waals surface area contributed by atoms with Gasteiger partial charge in [0.2, 0.25) is 5.91 Å². The van der Waals surface area contributed by atoms with Crippen LogP contribution in [0.5, 0.6) is 0 Å². The fourth-order valence-corrected chi connectivity index (χ4v) is 4.28. The van der Waals surface area contributed by atoms with Crippen molar-refractivity contribution in [3.8, 4) is 0 Å². The minimum absolute atomic E-state index is 0.159. The number of benzene rings is 1. The van der Waals surface area contributed by atoms with E-state index in [4.69, 9.17) is 14.2 Å². The highest BCUT2D eigenvalue weighted by Gasteiger charge is 2.41. The van der Waals surface area contributed by atoms with Gasteiger partial charge in [0.05, 0.1) is 25.9 Å². The van der Waals surface area contributed by atoms with Crippen molar-refractivity contribution >= 4 is 5.91 Å². The molecule has 1 atom stereocenters. The van der Waals surface area contributed by atoms with Crippen LogP contribution in [0, 0.1) is 5.92 Å². The van der Waals surface area contributed by atoms with Gasteiger partial charge in [-0.05, 0) is 30.7 Å². The number of ether oxygens (including phenoxy) is 3. The summed E-state index contributed by atoms with van der Waals surface area (Å²) in [4.78, 5) is 14.7. The van der Waals surface area contributed by atoms with Gasteiger partial charge in [-0.3, -0.25) is 4.79 Å². The van der Waals surface area contributed by atoms with Crippen LogP contribution in [0.15, 0.2) is 30.3 Å². The molecular weight excluding hydrogens is 318 g/mol. The Morgan fingerprint density at radius 2 is 1.84 bits per heavy atom. The second kappa shape index (κ2) is 7.44. The Kier molecular flexibility index (Phi) is 5.06. The van der Waals surface area contributed by atoms with Crippen molar-refractivity contribution in [1.82, 2.24) is 4.90 Å². The highest BCUT2D eigenvalue weighted by Crippen LogP contribution is 2.39. The highest BCUT2D eigenvalue weighted by molar-refractivity contribution is 5.77. The summed E-state index contributed by atoms with van der Waals surface area (Å²) in [5.41, 5.74) is 1.26. The molecule has 5 heteroatoms. The van der Waals surface area contributed by atoms with Gasteiger partial charge in [-0.2, -0.15) is 0 Å². The molecule has 0 unspecified atom stereocenters. The Bertz CT molecular complexity index is 575. The number of hydrogen-bond donors (Lipinski definition) is 0. The van der Waals surface area contributed by atoms with Crippen molar-refractivity contribution < 1.29 is 19.0 Å². The number of nitrogens with zero attached hydrogens (tertiary/aromatic N) is 1. The molecule has 0 N–H and O–H groups in total. The fraction of sp³-hybridized carbons (Fsp3) is 0.650. The molecule has 1 spiro atoms. The van der Waals surface area contributed by atoms with Crippen molar-refractivity contribution in [1.29, 1.82) is 0 Å².